The van der Waals surface area contributed by atoms with Gasteiger partial charge in [-0.15, -0.1) is 0 Å². The molecule has 0 saturated heterocycles. The highest BCUT2D eigenvalue weighted by Crippen LogP contribution is 2.20. The molecule has 0 aromatic heterocycles. The smallest absolute Gasteiger partial charge is 0.254 e. The van der Waals surface area contributed by atoms with Crippen molar-refractivity contribution in [2.24, 2.45) is 5.73 Å². The number of hydrogen-bond acceptors (Lipinski definition) is 2. The zero-order valence-electron chi connectivity index (χ0n) is 12.1. The highest BCUT2D eigenvalue weighted by molar-refractivity contribution is 5.94. The molecule has 3 heteroatoms. The van der Waals surface area contributed by atoms with Crippen LogP contribution in [0, 0.1) is 0 Å². The standard InChI is InChI=1S/C18H20N2O/c19-11-9-14-5-7-16(8-6-14)18(21)20-12-10-15-3-1-2-4-17(15)13-20/h1-8H,9-13,19H2. The van der Waals surface area contributed by atoms with Crippen LogP contribution in [0.3, 0.4) is 0 Å². The van der Waals surface area contributed by atoms with Gasteiger partial charge in [0.15, 0.2) is 0 Å². The molecule has 2 aromatic rings. The van der Waals surface area contributed by atoms with E-state index < -0.39 is 0 Å². The van der Waals surface area contributed by atoms with Gasteiger partial charge in [-0.25, -0.2) is 0 Å². The summed E-state index contributed by atoms with van der Waals surface area (Å²) in [4.78, 5) is 14.5. The summed E-state index contributed by atoms with van der Waals surface area (Å²) < 4.78 is 0. The first-order valence-corrected chi connectivity index (χ1v) is 7.43. The van der Waals surface area contributed by atoms with E-state index in [0.29, 0.717) is 13.1 Å². The number of nitrogens with two attached hydrogens (primary N) is 1. The van der Waals surface area contributed by atoms with Crippen LogP contribution in [-0.2, 0) is 19.4 Å². The summed E-state index contributed by atoms with van der Waals surface area (Å²) in [5.74, 6) is 0.115. The number of hydrogen-bond donors (Lipinski definition) is 1. The number of rotatable bonds is 3. The topological polar surface area (TPSA) is 46.3 Å². The van der Waals surface area contributed by atoms with Crippen molar-refractivity contribution in [2.75, 3.05) is 13.1 Å². The van der Waals surface area contributed by atoms with E-state index in [1.807, 2.05) is 35.2 Å². The minimum atomic E-state index is 0.115. The summed E-state index contributed by atoms with van der Waals surface area (Å²) in [5.41, 5.74) is 10.1. The average Bonchev–Trinajstić information content (AvgIpc) is 2.55. The zero-order valence-corrected chi connectivity index (χ0v) is 12.1. The van der Waals surface area contributed by atoms with Gasteiger partial charge in [-0.3, -0.25) is 4.79 Å². The van der Waals surface area contributed by atoms with E-state index in [-0.39, 0.29) is 5.91 Å². The third-order valence-corrected chi connectivity index (χ3v) is 4.05. The molecule has 1 heterocycles. The summed E-state index contributed by atoms with van der Waals surface area (Å²) >= 11 is 0. The van der Waals surface area contributed by atoms with Crippen molar-refractivity contribution < 1.29 is 4.79 Å². The van der Waals surface area contributed by atoms with E-state index in [4.69, 9.17) is 5.73 Å². The molecule has 21 heavy (non-hydrogen) atoms. The molecule has 3 rings (SSSR count). The Morgan fingerprint density at radius 2 is 1.76 bits per heavy atom. The highest BCUT2D eigenvalue weighted by Gasteiger charge is 2.21. The Hall–Kier alpha value is -2.13. The molecule has 0 radical (unpaired) electrons. The summed E-state index contributed by atoms with van der Waals surface area (Å²) in [6, 6.07) is 16.2. The van der Waals surface area contributed by atoms with Gasteiger partial charge in [0.1, 0.15) is 0 Å². The predicted octanol–water partition coefficient (Wildman–Crippen LogP) is 2.39. The summed E-state index contributed by atoms with van der Waals surface area (Å²) in [6.07, 6.45) is 1.79. The molecule has 1 aliphatic rings. The minimum Gasteiger partial charge on any atom is -0.334 e. The van der Waals surface area contributed by atoms with E-state index >= 15 is 0 Å². The second-order valence-corrected chi connectivity index (χ2v) is 5.48. The normalized spacial score (nSPS) is 13.9. The Bertz CT molecular complexity index is 634. The van der Waals surface area contributed by atoms with E-state index in [0.717, 1.165) is 24.9 Å². The summed E-state index contributed by atoms with van der Waals surface area (Å²) in [7, 11) is 0. The molecular formula is C18H20N2O. The Balaban J connectivity index is 1.74. The fourth-order valence-electron chi connectivity index (χ4n) is 2.83. The molecule has 1 amide bonds. The van der Waals surface area contributed by atoms with Crippen molar-refractivity contribution in [1.82, 2.24) is 4.90 Å². The minimum absolute atomic E-state index is 0.115. The maximum atomic E-state index is 12.6. The van der Waals surface area contributed by atoms with Crippen LogP contribution in [0.5, 0.6) is 0 Å². The molecule has 0 spiro atoms. The van der Waals surface area contributed by atoms with Crippen LogP contribution in [-0.4, -0.2) is 23.9 Å². The van der Waals surface area contributed by atoms with E-state index in [2.05, 4.69) is 18.2 Å². The third-order valence-electron chi connectivity index (χ3n) is 4.05. The van der Waals surface area contributed by atoms with Gasteiger partial charge < -0.3 is 10.6 Å². The van der Waals surface area contributed by atoms with Gasteiger partial charge in [-0.1, -0.05) is 36.4 Å². The van der Waals surface area contributed by atoms with Crippen molar-refractivity contribution >= 4 is 5.91 Å². The average molecular weight is 280 g/mol. The molecule has 0 aliphatic carbocycles. The largest absolute Gasteiger partial charge is 0.334 e. The quantitative estimate of drug-likeness (QED) is 0.938. The van der Waals surface area contributed by atoms with Crippen LogP contribution in [0.15, 0.2) is 48.5 Å². The first-order valence-electron chi connectivity index (χ1n) is 7.43. The van der Waals surface area contributed by atoms with Crippen LogP contribution < -0.4 is 5.73 Å². The molecule has 0 fully saturated rings. The Kier molecular flexibility index (Phi) is 4.02. The lowest BCUT2D eigenvalue weighted by Gasteiger charge is -2.29. The maximum absolute atomic E-state index is 12.6. The molecule has 0 atom stereocenters. The summed E-state index contributed by atoms with van der Waals surface area (Å²) in [5, 5.41) is 0. The number of carbonyl (C=O) groups excluding carboxylic acids is 1. The molecule has 108 valence electrons. The van der Waals surface area contributed by atoms with Gasteiger partial charge in [0, 0.05) is 18.7 Å². The van der Waals surface area contributed by atoms with Gasteiger partial charge in [-0.05, 0) is 48.2 Å². The second kappa shape index (κ2) is 6.10. The van der Waals surface area contributed by atoms with Crippen molar-refractivity contribution in [3.05, 3.63) is 70.8 Å². The van der Waals surface area contributed by atoms with Crippen LogP contribution in [0.2, 0.25) is 0 Å². The number of fused-ring (bicyclic) bond motifs is 1. The van der Waals surface area contributed by atoms with Crippen LogP contribution in [0.25, 0.3) is 0 Å². The van der Waals surface area contributed by atoms with Crippen molar-refractivity contribution in [3.63, 3.8) is 0 Å². The molecule has 0 unspecified atom stereocenters. The van der Waals surface area contributed by atoms with Crippen LogP contribution in [0.1, 0.15) is 27.0 Å². The molecule has 2 aromatic carbocycles. The number of nitrogens with zero attached hydrogens (tertiary/aromatic N) is 1. The monoisotopic (exact) mass is 280 g/mol. The Morgan fingerprint density at radius 3 is 2.48 bits per heavy atom. The fraction of sp³-hybridized carbons (Fsp3) is 0.278. The highest BCUT2D eigenvalue weighted by atomic mass is 16.2. The zero-order chi connectivity index (χ0) is 14.7. The molecule has 0 bridgehead atoms. The SMILES string of the molecule is NCCc1ccc(C(=O)N2CCc3ccccc3C2)cc1. The van der Waals surface area contributed by atoms with Crippen LogP contribution in [0.4, 0.5) is 0 Å². The maximum Gasteiger partial charge on any atom is 0.254 e. The van der Waals surface area contributed by atoms with E-state index in [1.165, 1.54) is 16.7 Å². The Morgan fingerprint density at radius 1 is 1.05 bits per heavy atom. The number of amides is 1. The van der Waals surface area contributed by atoms with Crippen molar-refractivity contribution in [3.8, 4) is 0 Å². The lowest BCUT2D eigenvalue weighted by Crippen LogP contribution is -2.35. The summed E-state index contributed by atoms with van der Waals surface area (Å²) in [6.45, 7) is 2.14. The molecule has 1 aliphatic heterocycles. The second-order valence-electron chi connectivity index (χ2n) is 5.48. The fourth-order valence-corrected chi connectivity index (χ4v) is 2.83. The van der Waals surface area contributed by atoms with Gasteiger partial charge >= 0.3 is 0 Å². The van der Waals surface area contributed by atoms with Crippen molar-refractivity contribution in [2.45, 2.75) is 19.4 Å². The van der Waals surface area contributed by atoms with Gasteiger partial charge in [0.05, 0.1) is 0 Å². The van der Waals surface area contributed by atoms with E-state index in [1.54, 1.807) is 0 Å². The van der Waals surface area contributed by atoms with E-state index in [9.17, 15) is 4.79 Å². The first kappa shape index (κ1) is 13.8. The third kappa shape index (κ3) is 2.98. The van der Waals surface area contributed by atoms with Gasteiger partial charge in [0.2, 0.25) is 0 Å². The predicted molar refractivity (Wildman–Crippen MR) is 84.1 cm³/mol. The molecule has 2 N–H and O–H groups in total. The number of benzene rings is 2. The van der Waals surface area contributed by atoms with Crippen LogP contribution >= 0.6 is 0 Å². The first-order chi connectivity index (χ1) is 10.3. The Labute approximate surface area is 125 Å². The van der Waals surface area contributed by atoms with Gasteiger partial charge in [-0.2, -0.15) is 0 Å². The lowest BCUT2D eigenvalue weighted by atomic mass is 9.99. The van der Waals surface area contributed by atoms with Crippen molar-refractivity contribution in [1.29, 1.82) is 0 Å². The molecular weight excluding hydrogens is 260 g/mol. The number of carbonyl (C=O) groups is 1. The molecule has 0 saturated carbocycles. The van der Waals surface area contributed by atoms with Gasteiger partial charge in [0.25, 0.3) is 5.91 Å². The lowest BCUT2D eigenvalue weighted by molar-refractivity contribution is 0.0734. The molecule has 3 nitrogen and oxygen atoms in total.